The van der Waals surface area contributed by atoms with Crippen LogP contribution < -0.4 is 14.2 Å². The van der Waals surface area contributed by atoms with E-state index in [1.165, 1.54) is 0 Å². The average Bonchev–Trinajstić information content (AvgIpc) is 3.27. The number of nitrogens with zero attached hydrogens (tertiary/aromatic N) is 2. The number of benzene rings is 2. The molecular formula is C24H25N2O2+. The fourth-order valence-electron chi connectivity index (χ4n) is 3.47. The molecule has 0 saturated carbocycles. The number of para-hydroxylation sites is 4. The number of anilines is 1. The molecule has 4 rings (SSSR count). The smallest absolute Gasteiger partial charge is 0.374 e. The van der Waals surface area contributed by atoms with Gasteiger partial charge in [-0.1, -0.05) is 35.9 Å². The van der Waals surface area contributed by atoms with Crippen molar-refractivity contribution in [2.45, 2.75) is 27.3 Å². The van der Waals surface area contributed by atoms with E-state index in [1.54, 1.807) is 0 Å². The van der Waals surface area contributed by atoms with Crippen LogP contribution in [0.25, 0.3) is 17.2 Å². The lowest BCUT2D eigenvalue weighted by atomic mass is 10.2. The highest BCUT2D eigenvalue weighted by Crippen LogP contribution is 2.38. The van der Waals surface area contributed by atoms with Gasteiger partial charge in [-0.05, 0) is 51.1 Å². The van der Waals surface area contributed by atoms with E-state index < -0.39 is 0 Å². The molecule has 4 heteroatoms. The van der Waals surface area contributed by atoms with Crippen LogP contribution in [0.15, 0.2) is 82.6 Å². The van der Waals surface area contributed by atoms with Crippen molar-refractivity contribution in [2.75, 3.05) is 11.4 Å². The molecule has 1 aromatic heterocycles. The van der Waals surface area contributed by atoms with Crippen LogP contribution in [0.2, 0.25) is 0 Å². The highest BCUT2D eigenvalue weighted by molar-refractivity contribution is 5.69. The lowest BCUT2D eigenvalue weighted by Gasteiger charge is -2.14. The van der Waals surface area contributed by atoms with Gasteiger partial charge in [0.25, 0.3) is 5.52 Å². The minimum Gasteiger partial charge on any atom is -0.439 e. The zero-order valence-electron chi connectivity index (χ0n) is 16.6. The molecule has 2 heterocycles. The molecule has 0 N–H and O–H groups in total. The molecule has 0 saturated heterocycles. The summed E-state index contributed by atoms with van der Waals surface area (Å²) in [6.45, 7) is 8.05. The molecule has 142 valence electrons. The molecule has 1 aliphatic rings. The van der Waals surface area contributed by atoms with E-state index in [4.69, 9.17) is 9.15 Å². The minimum atomic E-state index is 0.851. The van der Waals surface area contributed by atoms with Crippen molar-refractivity contribution in [3.05, 3.63) is 84.1 Å². The zero-order valence-corrected chi connectivity index (χ0v) is 16.6. The first-order valence-electron chi connectivity index (χ1n) is 9.73. The summed E-state index contributed by atoms with van der Waals surface area (Å²) >= 11 is 0. The first kappa shape index (κ1) is 18.1. The van der Waals surface area contributed by atoms with Gasteiger partial charge < -0.3 is 14.1 Å². The summed E-state index contributed by atoms with van der Waals surface area (Å²) in [6, 6.07) is 16.2. The SMILES string of the molecule is CCN1\C(=C/C=C(C)/C=C/c2oc3ccccc3[n+]2CC)Oc2ccccc21. The van der Waals surface area contributed by atoms with E-state index in [9.17, 15) is 0 Å². The van der Waals surface area contributed by atoms with Gasteiger partial charge in [-0.15, -0.1) is 0 Å². The van der Waals surface area contributed by atoms with Gasteiger partial charge in [0.2, 0.25) is 11.5 Å². The standard InChI is InChI=1S/C24H25N2O2/c1-4-25-19-10-6-8-12-21(19)27-23(25)16-14-18(3)15-17-24-26(5-2)20-11-7-9-13-22(20)28-24/h6-17H,4-5H2,1-3H3/q+1. The molecule has 1 aliphatic heterocycles. The number of ether oxygens (including phenoxy) is 1. The maximum Gasteiger partial charge on any atom is 0.374 e. The predicted octanol–water partition coefficient (Wildman–Crippen LogP) is 5.46. The van der Waals surface area contributed by atoms with Crippen molar-refractivity contribution >= 4 is 22.9 Å². The first-order valence-corrected chi connectivity index (χ1v) is 9.73. The Morgan fingerprint density at radius 2 is 1.86 bits per heavy atom. The molecule has 0 amide bonds. The summed E-state index contributed by atoms with van der Waals surface area (Å²) in [6.07, 6.45) is 8.18. The van der Waals surface area contributed by atoms with Crippen LogP contribution in [0, 0.1) is 0 Å². The quantitative estimate of drug-likeness (QED) is 0.439. The van der Waals surface area contributed by atoms with Crippen molar-refractivity contribution in [1.82, 2.24) is 0 Å². The van der Waals surface area contributed by atoms with Gasteiger partial charge in [0.05, 0.1) is 11.8 Å². The van der Waals surface area contributed by atoms with Gasteiger partial charge in [0.1, 0.15) is 6.54 Å². The number of aromatic nitrogens is 1. The third kappa shape index (κ3) is 3.33. The molecule has 2 aromatic carbocycles. The van der Waals surface area contributed by atoms with E-state index in [2.05, 4.69) is 54.5 Å². The number of aryl methyl sites for hydroxylation is 1. The van der Waals surface area contributed by atoms with Crippen LogP contribution in [-0.4, -0.2) is 6.54 Å². The Morgan fingerprint density at radius 3 is 2.68 bits per heavy atom. The molecule has 4 nitrogen and oxygen atoms in total. The molecule has 0 spiro atoms. The second kappa shape index (κ2) is 7.77. The van der Waals surface area contributed by atoms with Crippen LogP contribution in [-0.2, 0) is 6.54 Å². The summed E-state index contributed by atoms with van der Waals surface area (Å²) in [5.41, 5.74) is 4.25. The Labute approximate surface area is 165 Å². The highest BCUT2D eigenvalue weighted by Gasteiger charge is 2.23. The summed E-state index contributed by atoms with van der Waals surface area (Å²) in [5.74, 6) is 2.61. The maximum atomic E-state index is 6.00. The molecule has 28 heavy (non-hydrogen) atoms. The van der Waals surface area contributed by atoms with E-state index in [1.807, 2.05) is 48.6 Å². The second-order valence-corrected chi connectivity index (χ2v) is 6.72. The number of fused-ring (bicyclic) bond motifs is 2. The van der Waals surface area contributed by atoms with Gasteiger partial charge in [0.15, 0.2) is 5.75 Å². The topological polar surface area (TPSA) is 29.5 Å². The molecule has 3 aromatic rings. The molecule has 0 unspecified atom stereocenters. The number of hydrogen-bond acceptors (Lipinski definition) is 3. The maximum absolute atomic E-state index is 6.00. The monoisotopic (exact) mass is 373 g/mol. The molecule has 0 radical (unpaired) electrons. The largest absolute Gasteiger partial charge is 0.439 e. The third-order valence-corrected chi connectivity index (χ3v) is 4.88. The number of allylic oxidation sites excluding steroid dienone is 4. The Kier molecular flexibility index (Phi) is 5.02. The van der Waals surface area contributed by atoms with Crippen molar-refractivity contribution < 1.29 is 13.7 Å². The van der Waals surface area contributed by atoms with Gasteiger partial charge in [-0.3, -0.25) is 0 Å². The van der Waals surface area contributed by atoms with Gasteiger partial charge in [-0.25, -0.2) is 0 Å². The van der Waals surface area contributed by atoms with Gasteiger partial charge >= 0.3 is 5.89 Å². The predicted molar refractivity (Wildman–Crippen MR) is 113 cm³/mol. The van der Waals surface area contributed by atoms with Crippen LogP contribution >= 0.6 is 0 Å². The summed E-state index contributed by atoms with van der Waals surface area (Å²) in [5, 5.41) is 0. The summed E-state index contributed by atoms with van der Waals surface area (Å²) in [7, 11) is 0. The second-order valence-electron chi connectivity index (χ2n) is 6.72. The fourth-order valence-corrected chi connectivity index (χ4v) is 3.47. The van der Waals surface area contributed by atoms with Crippen molar-refractivity contribution in [1.29, 1.82) is 0 Å². The molecule has 0 atom stereocenters. The first-order chi connectivity index (χ1) is 13.7. The fraction of sp³-hybridized carbons (Fsp3) is 0.208. The Hall–Kier alpha value is -3.27. The van der Waals surface area contributed by atoms with Crippen molar-refractivity contribution in [3.8, 4) is 5.75 Å². The Bertz CT molecular complexity index is 1090. The van der Waals surface area contributed by atoms with E-state index in [-0.39, 0.29) is 0 Å². The number of rotatable bonds is 5. The van der Waals surface area contributed by atoms with Crippen LogP contribution in [0.4, 0.5) is 5.69 Å². The van der Waals surface area contributed by atoms with Gasteiger partial charge in [0, 0.05) is 12.6 Å². The van der Waals surface area contributed by atoms with Crippen LogP contribution in [0.5, 0.6) is 5.75 Å². The summed E-state index contributed by atoms with van der Waals surface area (Å²) < 4.78 is 14.2. The van der Waals surface area contributed by atoms with E-state index >= 15 is 0 Å². The number of oxazole rings is 1. The highest BCUT2D eigenvalue weighted by atomic mass is 16.5. The lowest BCUT2D eigenvalue weighted by molar-refractivity contribution is -0.674. The summed E-state index contributed by atoms with van der Waals surface area (Å²) in [4.78, 5) is 2.17. The average molecular weight is 373 g/mol. The molecular weight excluding hydrogens is 348 g/mol. The van der Waals surface area contributed by atoms with Crippen molar-refractivity contribution in [2.24, 2.45) is 0 Å². The Morgan fingerprint density at radius 1 is 1.07 bits per heavy atom. The van der Waals surface area contributed by atoms with Gasteiger partial charge in [-0.2, -0.15) is 4.57 Å². The zero-order chi connectivity index (χ0) is 19.5. The Balaban J connectivity index is 1.57. The van der Waals surface area contributed by atoms with Crippen molar-refractivity contribution in [3.63, 3.8) is 0 Å². The third-order valence-electron chi connectivity index (χ3n) is 4.88. The van der Waals surface area contributed by atoms with E-state index in [0.29, 0.717) is 0 Å². The van der Waals surface area contributed by atoms with E-state index in [0.717, 1.165) is 53.0 Å². The lowest BCUT2D eigenvalue weighted by Crippen LogP contribution is -2.33. The molecule has 0 fully saturated rings. The van der Waals surface area contributed by atoms with Crippen LogP contribution in [0.3, 0.4) is 0 Å². The minimum absolute atomic E-state index is 0.851. The number of hydrogen-bond donors (Lipinski definition) is 0. The normalized spacial score (nSPS) is 15.6. The van der Waals surface area contributed by atoms with Crippen LogP contribution in [0.1, 0.15) is 26.7 Å². The molecule has 0 aliphatic carbocycles. The molecule has 0 bridgehead atoms.